The van der Waals surface area contributed by atoms with E-state index in [0.717, 1.165) is 38.5 Å². The molecule has 4 nitrogen and oxygen atoms in total. The molecule has 0 rings (SSSR count). The van der Waals surface area contributed by atoms with Crippen molar-refractivity contribution in [3.63, 3.8) is 0 Å². The summed E-state index contributed by atoms with van der Waals surface area (Å²) >= 11 is 0. The molecule has 5 heteroatoms. The van der Waals surface area contributed by atoms with Gasteiger partial charge in [-0.3, -0.25) is 14.0 Å². The van der Waals surface area contributed by atoms with Crippen LogP contribution in [0.15, 0.2) is 0 Å². The van der Waals surface area contributed by atoms with Crippen molar-refractivity contribution in [2.45, 2.75) is 51.4 Å². The van der Waals surface area contributed by atoms with E-state index in [9.17, 15) is 14.0 Å². The fraction of sp³-hybridized carbons (Fsp3) is 0.846. The first kappa shape index (κ1) is 16.9. The molecule has 0 atom stereocenters. The van der Waals surface area contributed by atoms with Crippen molar-refractivity contribution in [3.05, 3.63) is 0 Å². The van der Waals surface area contributed by atoms with Crippen molar-refractivity contribution in [3.8, 4) is 0 Å². The molecule has 0 aromatic rings. The minimum absolute atomic E-state index is 0.116. The van der Waals surface area contributed by atoms with Gasteiger partial charge in [0, 0.05) is 13.5 Å². The van der Waals surface area contributed by atoms with E-state index >= 15 is 0 Å². The molecule has 0 spiro atoms. The van der Waals surface area contributed by atoms with Crippen molar-refractivity contribution in [1.29, 1.82) is 0 Å². The molecule has 18 heavy (non-hydrogen) atoms. The van der Waals surface area contributed by atoms with E-state index in [1.165, 1.54) is 11.9 Å². The van der Waals surface area contributed by atoms with E-state index in [1.54, 1.807) is 0 Å². The predicted octanol–water partition coefficient (Wildman–Crippen LogP) is 2.62. The number of carbonyl (C=O) groups is 2. The summed E-state index contributed by atoms with van der Waals surface area (Å²) in [6.45, 7) is -0.466. The van der Waals surface area contributed by atoms with Crippen molar-refractivity contribution in [1.82, 2.24) is 4.90 Å². The van der Waals surface area contributed by atoms with Gasteiger partial charge >= 0.3 is 5.97 Å². The van der Waals surface area contributed by atoms with Gasteiger partial charge in [0.1, 0.15) is 6.54 Å². The van der Waals surface area contributed by atoms with E-state index in [-0.39, 0.29) is 19.1 Å². The van der Waals surface area contributed by atoms with Crippen molar-refractivity contribution >= 4 is 11.9 Å². The lowest BCUT2D eigenvalue weighted by Gasteiger charge is -2.14. The Morgan fingerprint density at radius 3 is 2.00 bits per heavy atom. The van der Waals surface area contributed by atoms with Crippen LogP contribution in [0.3, 0.4) is 0 Å². The number of amides is 1. The van der Waals surface area contributed by atoms with Gasteiger partial charge in [0.25, 0.3) is 0 Å². The molecule has 0 aromatic heterocycles. The molecule has 0 aliphatic rings. The lowest BCUT2D eigenvalue weighted by atomic mass is 10.1. The lowest BCUT2D eigenvalue weighted by Crippen LogP contribution is -2.31. The number of alkyl halides is 1. The molecule has 0 heterocycles. The number of carboxylic acids is 1. The van der Waals surface area contributed by atoms with Gasteiger partial charge in [-0.1, -0.05) is 32.1 Å². The van der Waals surface area contributed by atoms with E-state index in [1.807, 2.05) is 0 Å². The number of halogens is 1. The van der Waals surface area contributed by atoms with Crippen LogP contribution in [0.25, 0.3) is 0 Å². The summed E-state index contributed by atoms with van der Waals surface area (Å²) in [6.07, 6.45) is 6.97. The van der Waals surface area contributed by atoms with Gasteiger partial charge in [-0.2, -0.15) is 0 Å². The minimum Gasteiger partial charge on any atom is -0.480 e. The van der Waals surface area contributed by atoms with Crippen LogP contribution in [-0.2, 0) is 9.59 Å². The number of carboxylic acid groups (broad SMARTS) is 1. The lowest BCUT2D eigenvalue weighted by molar-refractivity contribution is -0.143. The maximum Gasteiger partial charge on any atom is 0.323 e. The van der Waals surface area contributed by atoms with Crippen LogP contribution in [0, 0.1) is 0 Å². The third-order valence-electron chi connectivity index (χ3n) is 2.82. The second-order valence-corrected chi connectivity index (χ2v) is 4.56. The molecular formula is C13H24FNO3. The van der Waals surface area contributed by atoms with Gasteiger partial charge in [0.15, 0.2) is 0 Å². The van der Waals surface area contributed by atoms with Crippen molar-refractivity contribution in [2.24, 2.45) is 0 Å². The quantitative estimate of drug-likeness (QED) is 0.582. The highest BCUT2D eigenvalue weighted by Gasteiger charge is 2.10. The summed E-state index contributed by atoms with van der Waals surface area (Å²) in [7, 11) is 1.51. The van der Waals surface area contributed by atoms with Gasteiger partial charge in [-0.15, -0.1) is 0 Å². The van der Waals surface area contributed by atoms with Gasteiger partial charge < -0.3 is 10.0 Å². The first-order valence-corrected chi connectivity index (χ1v) is 6.59. The minimum atomic E-state index is -0.987. The Morgan fingerprint density at radius 1 is 1.00 bits per heavy atom. The fourth-order valence-corrected chi connectivity index (χ4v) is 1.74. The largest absolute Gasteiger partial charge is 0.480 e. The van der Waals surface area contributed by atoms with Crippen LogP contribution in [0.1, 0.15) is 51.4 Å². The molecule has 1 amide bonds. The standard InChI is InChI=1S/C13H24FNO3/c1-15(11-13(17)18)12(16)9-7-5-3-2-4-6-8-10-14/h2-11H2,1H3,(H,17,18). The van der Waals surface area contributed by atoms with Crippen LogP contribution in [0.4, 0.5) is 4.39 Å². The van der Waals surface area contributed by atoms with E-state index in [2.05, 4.69) is 0 Å². The summed E-state index contributed by atoms with van der Waals surface area (Å²) in [6, 6.07) is 0. The molecule has 0 fully saturated rings. The fourth-order valence-electron chi connectivity index (χ4n) is 1.74. The van der Waals surface area contributed by atoms with Crippen LogP contribution < -0.4 is 0 Å². The molecule has 0 saturated carbocycles. The maximum atomic E-state index is 11.8. The summed E-state index contributed by atoms with van der Waals surface area (Å²) in [5.41, 5.74) is 0. The zero-order valence-corrected chi connectivity index (χ0v) is 11.2. The molecule has 0 aliphatic carbocycles. The summed E-state index contributed by atoms with van der Waals surface area (Å²) in [5, 5.41) is 8.52. The van der Waals surface area contributed by atoms with Crippen LogP contribution >= 0.6 is 0 Å². The highest BCUT2D eigenvalue weighted by molar-refractivity contribution is 5.80. The third-order valence-corrected chi connectivity index (χ3v) is 2.82. The number of aliphatic carboxylic acids is 1. The summed E-state index contributed by atoms with van der Waals surface area (Å²) in [5.74, 6) is -1.10. The molecular weight excluding hydrogens is 237 g/mol. The zero-order valence-electron chi connectivity index (χ0n) is 11.2. The Hall–Kier alpha value is -1.13. The van der Waals surface area contributed by atoms with Crippen LogP contribution in [0.5, 0.6) is 0 Å². The average molecular weight is 261 g/mol. The Kier molecular flexibility index (Phi) is 10.3. The maximum absolute atomic E-state index is 11.8. The van der Waals surface area contributed by atoms with Gasteiger partial charge in [0.05, 0.1) is 6.67 Å². The Balaban J connectivity index is 3.37. The summed E-state index contributed by atoms with van der Waals surface area (Å²) < 4.78 is 11.8. The highest BCUT2D eigenvalue weighted by Crippen LogP contribution is 2.09. The molecule has 0 radical (unpaired) electrons. The second kappa shape index (κ2) is 11.0. The highest BCUT2D eigenvalue weighted by atomic mass is 19.1. The van der Waals surface area contributed by atoms with E-state index in [4.69, 9.17) is 5.11 Å². The zero-order chi connectivity index (χ0) is 13.8. The number of rotatable bonds is 11. The number of hydrogen-bond donors (Lipinski definition) is 1. The SMILES string of the molecule is CN(CC(=O)O)C(=O)CCCCCCCCCF. The smallest absolute Gasteiger partial charge is 0.323 e. The third kappa shape index (κ3) is 10.1. The number of likely N-dealkylation sites (N-methyl/N-ethyl adjacent to an activating group) is 1. The number of carbonyl (C=O) groups excluding carboxylic acids is 1. The van der Waals surface area contributed by atoms with Crippen molar-refractivity contribution < 1.29 is 19.1 Å². The topological polar surface area (TPSA) is 57.6 Å². The van der Waals surface area contributed by atoms with E-state index in [0.29, 0.717) is 12.8 Å². The van der Waals surface area contributed by atoms with Crippen LogP contribution in [-0.4, -0.2) is 42.1 Å². The van der Waals surface area contributed by atoms with Gasteiger partial charge in [-0.25, -0.2) is 0 Å². The van der Waals surface area contributed by atoms with Crippen molar-refractivity contribution in [2.75, 3.05) is 20.3 Å². The summed E-state index contributed by atoms with van der Waals surface area (Å²) in [4.78, 5) is 23.1. The molecule has 0 aliphatic heterocycles. The number of hydrogen-bond acceptors (Lipinski definition) is 2. The van der Waals surface area contributed by atoms with Crippen LogP contribution in [0.2, 0.25) is 0 Å². The monoisotopic (exact) mass is 261 g/mol. The first-order chi connectivity index (χ1) is 8.57. The van der Waals surface area contributed by atoms with E-state index < -0.39 is 5.97 Å². The predicted molar refractivity (Wildman–Crippen MR) is 68.2 cm³/mol. The number of nitrogens with zero attached hydrogens (tertiary/aromatic N) is 1. The molecule has 1 N–H and O–H groups in total. The molecule has 0 aromatic carbocycles. The molecule has 0 bridgehead atoms. The van der Waals surface area contributed by atoms with Gasteiger partial charge in [0.2, 0.25) is 5.91 Å². The average Bonchev–Trinajstić information content (AvgIpc) is 2.31. The number of unbranched alkanes of at least 4 members (excludes halogenated alkanes) is 6. The Labute approximate surface area is 108 Å². The van der Waals surface area contributed by atoms with Gasteiger partial charge in [-0.05, 0) is 12.8 Å². The Morgan fingerprint density at radius 2 is 1.50 bits per heavy atom. The Bertz CT molecular complexity index is 246. The normalized spacial score (nSPS) is 10.3. The molecule has 106 valence electrons. The molecule has 0 unspecified atom stereocenters. The molecule has 0 saturated heterocycles. The first-order valence-electron chi connectivity index (χ1n) is 6.59. The second-order valence-electron chi connectivity index (χ2n) is 4.56.